The van der Waals surface area contributed by atoms with Gasteiger partial charge in [-0.05, 0) is 35.6 Å². The third-order valence-corrected chi connectivity index (χ3v) is 5.38. The van der Waals surface area contributed by atoms with Crippen molar-refractivity contribution in [1.82, 2.24) is 15.5 Å². The number of hydrogen-bond donors (Lipinski definition) is 2. The fourth-order valence-corrected chi connectivity index (χ4v) is 3.51. The van der Waals surface area contributed by atoms with Crippen LogP contribution in [0.3, 0.4) is 0 Å². The molecule has 29 heavy (non-hydrogen) atoms. The van der Waals surface area contributed by atoms with Crippen molar-refractivity contribution in [2.75, 3.05) is 45.9 Å². The Balaban J connectivity index is 1.29. The van der Waals surface area contributed by atoms with Crippen LogP contribution in [0.1, 0.15) is 28.7 Å². The van der Waals surface area contributed by atoms with E-state index in [4.69, 9.17) is 4.74 Å². The summed E-state index contributed by atoms with van der Waals surface area (Å²) >= 11 is 0. The first-order chi connectivity index (χ1) is 14.2. The predicted octanol–water partition coefficient (Wildman–Crippen LogP) is 2.51. The van der Waals surface area contributed by atoms with Crippen LogP contribution in [0.4, 0.5) is 0 Å². The second kappa shape index (κ2) is 11.7. The van der Waals surface area contributed by atoms with Gasteiger partial charge < -0.3 is 15.4 Å². The highest BCUT2D eigenvalue weighted by Gasteiger charge is 2.09. The van der Waals surface area contributed by atoms with Gasteiger partial charge in [-0.15, -0.1) is 0 Å². The summed E-state index contributed by atoms with van der Waals surface area (Å²) < 4.78 is 5.68. The van der Waals surface area contributed by atoms with Gasteiger partial charge in [-0.3, -0.25) is 9.69 Å². The first kappa shape index (κ1) is 21.5. The number of nitrogens with one attached hydrogen (secondary N) is 2. The van der Waals surface area contributed by atoms with Gasteiger partial charge >= 0.3 is 0 Å². The summed E-state index contributed by atoms with van der Waals surface area (Å²) in [5, 5.41) is 6.31. The molecule has 0 aromatic heterocycles. The number of aryl methyl sites for hydroxylation is 1. The second-order valence-corrected chi connectivity index (χ2v) is 7.66. The van der Waals surface area contributed by atoms with Crippen LogP contribution in [0.5, 0.6) is 0 Å². The van der Waals surface area contributed by atoms with E-state index in [1.165, 1.54) is 16.7 Å². The van der Waals surface area contributed by atoms with Crippen LogP contribution in [-0.4, -0.2) is 56.7 Å². The van der Waals surface area contributed by atoms with Crippen molar-refractivity contribution < 1.29 is 9.53 Å². The van der Waals surface area contributed by atoms with Gasteiger partial charge in [0.2, 0.25) is 5.91 Å². The number of nitrogens with zero attached hydrogens (tertiary/aromatic N) is 1. The smallest absolute Gasteiger partial charge is 0.222 e. The molecular formula is C24H33N3O2. The number of benzene rings is 2. The Labute approximate surface area is 174 Å². The monoisotopic (exact) mass is 395 g/mol. The minimum Gasteiger partial charge on any atom is -0.376 e. The number of ether oxygens (including phenoxy) is 1. The van der Waals surface area contributed by atoms with Gasteiger partial charge in [-0.1, -0.05) is 48.5 Å². The van der Waals surface area contributed by atoms with Crippen LogP contribution in [0.25, 0.3) is 0 Å². The van der Waals surface area contributed by atoms with Gasteiger partial charge in [0.1, 0.15) is 0 Å². The molecule has 1 saturated heterocycles. The summed E-state index contributed by atoms with van der Waals surface area (Å²) in [5.74, 6) is 0.0636. The molecule has 1 fully saturated rings. The van der Waals surface area contributed by atoms with Crippen LogP contribution in [0, 0.1) is 6.92 Å². The van der Waals surface area contributed by atoms with E-state index in [0.717, 1.165) is 44.7 Å². The molecule has 0 unspecified atom stereocenters. The zero-order valence-electron chi connectivity index (χ0n) is 17.5. The molecule has 0 radical (unpaired) electrons. The topological polar surface area (TPSA) is 53.6 Å². The van der Waals surface area contributed by atoms with Crippen molar-refractivity contribution >= 4 is 5.91 Å². The largest absolute Gasteiger partial charge is 0.376 e. The van der Waals surface area contributed by atoms with Gasteiger partial charge in [0, 0.05) is 45.7 Å². The molecule has 1 aliphatic heterocycles. The zero-order chi connectivity index (χ0) is 20.3. The van der Waals surface area contributed by atoms with Crippen LogP contribution >= 0.6 is 0 Å². The third kappa shape index (κ3) is 7.61. The summed E-state index contributed by atoms with van der Waals surface area (Å²) in [4.78, 5) is 14.3. The molecule has 2 N–H and O–H groups in total. The highest BCUT2D eigenvalue weighted by atomic mass is 16.5. The summed E-state index contributed by atoms with van der Waals surface area (Å²) in [6, 6.07) is 17.0. The average molecular weight is 396 g/mol. The zero-order valence-corrected chi connectivity index (χ0v) is 17.5. The van der Waals surface area contributed by atoms with Crippen molar-refractivity contribution in [2.24, 2.45) is 0 Å². The normalized spacial score (nSPS) is 14.7. The average Bonchev–Trinajstić information content (AvgIpc) is 2.75. The number of rotatable bonds is 10. The molecule has 0 saturated carbocycles. The molecule has 5 heteroatoms. The lowest BCUT2D eigenvalue weighted by Crippen LogP contribution is -2.46. The predicted molar refractivity (Wildman–Crippen MR) is 117 cm³/mol. The number of hydrogen-bond acceptors (Lipinski definition) is 4. The maximum atomic E-state index is 11.9. The number of carbonyl (C=O) groups excluding carboxylic acids is 1. The minimum atomic E-state index is 0.0636. The van der Waals surface area contributed by atoms with E-state index >= 15 is 0 Å². The summed E-state index contributed by atoms with van der Waals surface area (Å²) in [6.45, 7) is 8.96. The van der Waals surface area contributed by atoms with Crippen molar-refractivity contribution in [1.29, 1.82) is 0 Å². The Bertz CT molecular complexity index is 755. The molecule has 2 aromatic rings. The summed E-state index contributed by atoms with van der Waals surface area (Å²) in [6.07, 6.45) is 1.36. The third-order valence-electron chi connectivity index (χ3n) is 5.38. The fourth-order valence-electron chi connectivity index (χ4n) is 3.51. The van der Waals surface area contributed by atoms with Crippen LogP contribution in [-0.2, 0) is 22.6 Å². The molecule has 1 aliphatic rings. The molecule has 0 aliphatic carbocycles. The van der Waals surface area contributed by atoms with Crippen LogP contribution < -0.4 is 10.6 Å². The summed E-state index contributed by atoms with van der Waals surface area (Å²) in [7, 11) is 0. The van der Waals surface area contributed by atoms with Crippen LogP contribution in [0.15, 0.2) is 48.5 Å². The first-order valence-electron chi connectivity index (χ1n) is 10.6. The maximum absolute atomic E-state index is 11.9. The molecule has 0 bridgehead atoms. The van der Waals surface area contributed by atoms with Gasteiger partial charge in [-0.25, -0.2) is 0 Å². The van der Waals surface area contributed by atoms with Crippen molar-refractivity contribution in [3.05, 3.63) is 70.8 Å². The number of piperazine rings is 1. The van der Waals surface area contributed by atoms with Gasteiger partial charge in [0.15, 0.2) is 0 Å². The van der Waals surface area contributed by atoms with E-state index in [2.05, 4.69) is 71.0 Å². The standard InChI is InChI=1S/C24H33N3O2/c1-20-4-2-3-5-23(20)18-21-6-8-22(9-7-21)19-29-17-10-24(28)26-13-16-27-14-11-25-12-15-27/h2-9,25H,10-19H2,1H3,(H,26,28). The lowest BCUT2D eigenvalue weighted by atomic mass is 10.00. The van der Waals surface area contributed by atoms with E-state index in [9.17, 15) is 4.79 Å². The van der Waals surface area contributed by atoms with E-state index in [-0.39, 0.29) is 5.91 Å². The first-order valence-corrected chi connectivity index (χ1v) is 10.6. The van der Waals surface area contributed by atoms with Crippen molar-refractivity contribution in [3.63, 3.8) is 0 Å². The molecule has 1 heterocycles. The molecule has 0 atom stereocenters. The van der Waals surface area contributed by atoms with Gasteiger partial charge in [-0.2, -0.15) is 0 Å². The Morgan fingerprint density at radius 2 is 1.79 bits per heavy atom. The number of carbonyl (C=O) groups is 1. The van der Waals surface area contributed by atoms with Crippen molar-refractivity contribution in [3.8, 4) is 0 Å². The molecule has 2 aromatic carbocycles. The second-order valence-electron chi connectivity index (χ2n) is 7.66. The quantitative estimate of drug-likeness (QED) is 0.607. The SMILES string of the molecule is Cc1ccccc1Cc1ccc(COCCC(=O)NCCN2CCNCC2)cc1. The van der Waals surface area contributed by atoms with Gasteiger partial charge in [0.05, 0.1) is 13.2 Å². The van der Waals surface area contributed by atoms with Crippen LogP contribution in [0.2, 0.25) is 0 Å². The Morgan fingerprint density at radius 1 is 1.07 bits per heavy atom. The Hall–Kier alpha value is -2.21. The molecule has 1 amide bonds. The van der Waals surface area contributed by atoms with E-state index in [1.807, 2.05) is 0 Å². The molecule has 5 nitrogen and oxygen atoms in total. The highest BCUT2D eigenvalue weighted by Crippen LogP contribution is 2.14. The Morgan fingerprint density at radius 3 is 2.55 bits per heavy atom. The van der Waals surface area contributed by atoms with E-state index in [0.29, 0.717) is 26.2 Å². The van der Waals surface area contributed by atoms with Crippen molar-refractivity contribution in [2.45, 2.75) is 26.4 Å². The molecular weight excluding hydrogens is 362 g/mol. The van der Waals surface area contributed by atoms with E-state index in [1.54, 1.807) is 0 Å². The molecule has 156 valence electrons. The number of amides is 1. The summed E-state index contributed by atoms with van der Waals surface area (Å²) in [5.41, 5.74) is 5.12. The fraction of sp³-hybridized carbons (Fsp3) is 0.458. The minimum absolute atomic E-state index is 0.0636. The van der Waals surface area contributed by atoms with Gasteiger partial charge in [0.25, 0.3) is 0 Å². The lowest BCUT2D eigenvalue weighted by molar-refractivity contribution is -0.122. The highest BCUT2D eigenvalue weighted by molar-refractivity contribution is 5.75. The lowest BCUT2D eigenvalue weighted by Gasteiger charge is -2.27. The molecule has 3 rings (SSSR count). The Kier molecular flexibility index (Phi) is 8.68. The van der Waals surface area contributed by atoms with E-state index < -0.39 is 0 Å². The maximum Gasteiger partial charge on any atom is 0.222 e. The molecule has 0 spiro atoms.